The summed E-state index contributed by atoms with van der Waals surface area (Å²) in [5.74, 6) is -1.98. The molecule has 3 fully saturated rings. The average Bonchev–Trinajstić information content (AvgIpc) is 3.56. The van der Waals surface area contributed by atoms with Crippen molar-refractivity contribution in [2.75, 3.05) is 42.6 Å². The normalized spacial score (nSPS) is 28.1. The number of likely N-dealkylation sites (tertiary alicyclic amines) is 1. The van der Waals surface area contributed by atoms with Crippen LogP contribution in [0.25, 0.3) is 0 Å². The molecule has 3 saturated heterocycles. The second kappa shape index (κ2) is 13.5. The van der Waals surface area contributed by atoms with Crippen LogP contribution in [-0.4, -0.2) is 82.2 Å². The highest BCUT2D eigenvalue weighted by molar-refractivity contribution is 8.02. The van der Waals surface area contributed by atoms with E-state index in [-0.39, 0.29) is 43.5 Å². The summed E-state index contributed by atoms with van der Waals surface area (Å²) >= 11 is 1.62. The Labute approximate surface area is 261 Å². The molecular weight excluding hydrogens is 562 g/mol. The van der Waals surface area contributed by atoms with Gasteiger partial charge in [0.25, 0.3) is 5.91 Å². The SMILES string of the molecule is C=CCCOC(=O)[C@H]1[C@H]2C(=O)N([C@@H](CO)CC(C)C)C(C(=O)N(CC=C)c3ccc(N(CC)CC)cc3)C23CC[C@]1(C)S3. The minimum atomic E-state index is -0.832. The topological polar surface area (TPSA) is 90.4 Å². The van der Waals surface area contributed by atoms with Crippen molar-refractivity contribution >= 4 is 40.9 Å². The molecule has 8 nitrogen and oxygen atoms in total. The van der Waals surface area contributed by atoms with Crippen LogP contribution in [0.1, 0.15) is 60.3 Å². The Kier molecular flexibility index (Phi) is 10.4. The molecule has 1 aromatic carbocycles. The number of amides is 2. The van der Waals surface area contributed by atoms with Crippen molar-refractivity contribution in [2.24, 2.45) is 17.8 Å². The lowest BCUT2D eigenvalue weighted by Crippen LogP contribution is -2.57. The third-order valence-corrected chi connectivity index (χ3v) is 11.5. The van der Waals surface area contributed by atoms with Gasteiger partial charge in [0.1, 0.15) is 6.04 Å². The summed E-state index contributed by atoms with van der Waals surface area (Å²) in [6.07, 6.45) is 5.81. The van der Waals surface area contributed by atoms with Crippen molar-refractivity contribution in [2.45, 2.75) is 81.9 Å². The van der Waals surface area contributed by atoms with E-state index in [4.69, 9.17) is 4.74 Å². The van der Waals surface area contributed by atoms with Crippen LogP contribution in [0.3, 0.4) is 0 Å². The molecule has 0 radical (unpaired) electrons. The monoisotopic (exact) mass is 611 g/mol. The third kappa shape index (κ3) is 5.87. The van der Waals surface area contributed by atoms with Crippen molar-refractivity contribution < 1.29 is 24.2 Å². The van der Waals surface area contributed by atoms with Gasteiger partial charge < -0.3 is 24.5 Å². The van der Waals surface area contributed by atoms with E-state index in [2.05, 4.69) is 31.9 Å². The zero-order chi connectivity index (χ0) is 31.5. The van der Waals surface area contributed by atoms with Crippen molar-refractivity contribution in [3.8, 4) is 0 Å². The van der Waals surface area contributed by atoms with Gasteiger partial charge in [-0.05, 0) is 76.6 Å². The largest absolute Gasteiger partial charge is 0.465 e. The molecule has 0 saturated carbocycles. The average molecular weight is 612 g/mol. The Morgan fingerprint density at radius 2 is 1.79 bits per heavy atom. The number of carbonyl (C=O) groups excluding carboxylic acids is 3. The number of nitrogens with zero attached hydrogens (tertiary/aromatic N) is 3. The molecule has 6 atom stereocenters. The lowest BCUT2D eigenvalue weighted by Gasteiger charge is -2.40. The number of ether oxygens (including phenoxy) is 1. The van der Waals surface area contributed by atoms with E-state index >= 15 is 0 Å². The molecule has 3 aliphatic rings. The number of hydrogen-bond donors (Lipinski definition) is 1. The fourth-order valence-electron chi connectivity index (χ4n) is 7.58. The Morgan fingerprint density at radius 3 is 2.35 bits per heavy atom. The number of carbonyl (C=O) groups is 3. The fraction of sp³-hybridized carbons (Fsp3) is 0.618. The summed E-state index contributed by atoms with van der Waals surface area (Å²) in [5.41, 5.74) is 1.80. The van der Waals surface area contributed by atoms with Crippen LogP contribution >= 0.6 is 11.8 Å². The highest BCUT2D eigenvalue weighted by Crippen LogP contribution is 2.72. The molecule has 0 aliphatic carbocycles. The minimum Gasteiger partial charge on any atom is -0.465 e. The summed E-state index contributed by atoms with van der Waals surface area (Å²) in [6, 6.07) is 6.56. The molecule has 9 heteroatoms. The van der Waals surface area contributed by atoms with Crippen molar-refractivity contribution in [1.82, 2.24) is 4.90 Å². The van der Waals surface area contributed by atoms with Gasteiger partial charge in [-0.3, -0.25) is 14.4 Å². The van der Waals surface area contributed by atoms with Gasteiger partial charge in [0.15, 0.2) is 0 Å². The van der Waals surface area contributed by atoms with Gasteiger partial charge in [0.05, 0.1) is 35.8 Å². The predicted molar refractivity (Wildman–Crippen MR) is 174 cm³/mol. The molecule has 43 heavy (non-hydrogen) atoms. The van der Waals surface area contributed by atoms with E-state index in [0.717, 1.165) is 24.5 Å². The van der Waals surface area contributed by atoms with Crippen LogP contribution in [-0.2, 0) is 19.1 Å². The van der Waals surface area contributed by atoms with E-state index in [1.807, 2.05) is 45.0 Å². The van der Waals surface area contributed by atoms with Gasteiger partial charge in [0.2, 0.25) is 5.91 Å². The van der Waals surface area contributed by atoms with E-state index in [0.29, 0.717) is 25.7 Å². The first-order valence-corrected chi connectivity index (χ1v) is 16.5. The number of esters is 1. The maximum atomic E-state index is 14.9. The summed E-state index contributed by atoms with van der Waals surface area (Å²) in [5, 5.41) is 10.6. The highest BCUT2D eigenvalue weighted by atomic mass is 32.2. The standard InChI is InChI=1S/C34H49N3O5S/c1-8-12-20-42-32(41)28-27-30(39)37(26(22-38)21-23(5)6)29(34(27)18-17-33(28,7)43-34)31(40)36(19-9-2)25-15-13-24(14-16-25)35(10-3)11-4/h8-9,13-16,23,26-29,38H,1-2,10-12,17-22H2,3-7H3/t26-,27+,28-,29?,33+,34?/m1/s1. The smallest absolute Gasteiger partial charge is 0.311 e. The first-order chi connectivity index (χ1) is 20.5. The van der Waals surface area contributed by atoms with Gasteiger partial charge in [-0.1, -0.05) is 26.0 Å². The van der Waals surface area contributed by atoms with E-state index < -0.39 is 33.4 Å². The molecule has 2 amide bonds. The zero-order valence-corrected chi connectivity index (χ0v) is 27.3. The predicted octanol–water partition coefficient (Wildman–Crippen LogP) is 5.06. The first-order valence-electron chi connectivity index (χ1n) is 15.7. The number of hydrogen-bond acceptors (Lipinski definition) is 7. The summed E-state index contributed by atoms with van der Waals surface area (Å²) in [6.45, 7) is 20.0. The molecule has 3 aliphatic heterocycles. The Balaban J connectivity index is 1.79. The Morgan fingerprint density at radius 1 is 1.14 bits per heavy atom. The molecule has 4 rings (SSSR count). The molecule has 1 N–H and O–H groups in total. The number of thioether (sulfide) groups is 1. The second-order valence-corrected chi connectivity index (χ2v) is 14.5. The van der Waals surface area contributed by atoms with Crippen LogP contribution in [0.5, 0.6) is 0 Å². The lowest BCUT2D eigenvalue weighted by molar-refractivity contribution is -0.156. The summed E-state index contributed by atoms with van der Waals surface area (Å²) in [4.78, 5) is 48.6. The van der Waals surface area contributed by atoms with E-state index in [1.165, 1.54) is 0 Å². The number of benzene rings is 1. The summed E-state index contributed by atoms with van der Waals surface area (Å²) in [7, 11) is 0. The molecule has 2 unspecified atom stereocenters. The molecule has 1 spiro atoms. The first kappa shape index (κ1) is 33.1. The number of fused-ring (bicyclic) bond motifs is 1. The maximum Gasteiger partial charge on any atom is 0.311 e. The van der Waals surface area contributed by atoms with Gasteiger partial charge in [-0.25, -0.2) is 0 Å². The van der Waals surface area contributed by atoms with Crippen LogP contribution in [0.4, 0.5) is 11.4 Å². The van der Waals surface area contributed by atoms with E-state index in [9.17, 15) is 19.5 Å². The van der Waals surface area contributed by atoms with Crippen molar-refractivity contribution in [3.05, 3.63) is 49.6 Å². The van der Waals surface area contributed by atoms with Crippen molar-refractivity contribution in [1.29, 1.82) is 0 Å². The third-order valence-electron chi connectivity index (χ3n) is 9.48. The number of anilines is 2. The van der Waals surface area contributed by atoms with E-state index in [1.54, 1.807) is 33.7 Å². The lowest BCUT2D eigenvalue weighted by atomic mass is 9.66. The quantitative estimate of drug-likeness (QED) is 0.169. The highest BCUT2D eigenvalue weighted by Gasteiger charge is 2.78. The number of aliphatic hydroxyl groups is 1. The van der Waals surface area contributed by atoms with Gasteiger partial charge in [-0.15, -0.1) is 24.9 Å². The van der Waals surface area contributed by atoms with Gasteiger partial charge in [-0.2, -0.15) is 0 Å². The zero-order valence-electron chi connectivity index (χ0n) is 26.5. The van der Waals surface area contributed by atoms with Crippen LogP contribution < -0.4 is 9.80 Å². The number of aliphatic hydroxyl groups excluding tert-OH is 1. The minimum absolute atomic E-state index is 0.191. The Hall–Kier alpha value is -2.78. The van der Waals surface area contributed by atoms with Crippen LogP contribution in [0.15, 0.2) is 49.6 Å². The second-order valence-electron chi connectivity index (χ2n) is 12.6. The molecule has 0 aromatic heterocycles. The molecule has 3 heterocycles. The van der Waals surface area contributed by atoms with Crippen LogP contribution in [0, 0.1) is 17.8 Å². The van der Waals surface area contributed by atoms with Gasteiger partial charge >= 0.3 is 5.97 Å². The molecular formula is C34H49N3O5S. The Bertz CT molecular complexity index is 1200. The molecule has 2 bridgehead atoms. The summed E-state index contributed by atoms with van der Waals surface area (Å²) < 4.78 is 4.36. The fourth-order valence-corrected chi connectivity index (χ4v) is 9.90. The van der Waals surface area contributed by atoms with Crippen molar-refractivity contribution in [3.63, 3.8) is 0 Å². The van der Waals surface area contributed by atoms with Crippen LogP contribution in [0.2, 0.25) is 0 Å². The van der Waals surface area contributed by atoms with Gasteiger partial charge in [0, 0.05) is 35.8 Å². The molecule has 236 valence electrons. The maximum absolute atomic E-state index is 14.9. The number of rotatable bonds is 15. The molecule has 1 aromatic rings.